The number of nitrogens with zero attached hydrogens (tertiary/aromatic N) is 2. The minimum Gasteiger partial charge on any atom is -0.464 e. The molecule has 1 atom stereocenters. The first kappa shape index (κ1) is 11.8. The number of carbonyl (C=O) groups is 1. The van der Waals surface area contributed by atoms with Crippen LogP contribution in [0.3, 0.4) is 0 Å². The summed E-state index contributed by atoms with van der Waals surface area (Å²) in [6.45, 7) is 9.92. The normalized spacial score (nSPS) is 12.6. The van der Waals surface area contributed by atoms with Crippen molar-refractivity contribution in [3.8, 4) is 0 Å². The summed E-state index contributed by atoms with van der Waals surface area (Å²) in [5.41, 5.74) is 3.11. The van der Waals surface area contributed by atoms with Crippen molar-refractivity contribution in [1.82, 2.24) is 9.78 Å². The second-order valence-corrected chi connectivity index (χ2v) is 3.67. The average Bonchev–Trinajstić information content (AvgIpc) is 2.45. The Balaban J connectivity index is 2.96. The molecule has 0 saturated carbocycles. The molecule has 15 heavy (non-hydrogen) atoms. The van der Waals surface area contributed by atoms with Crippen LogP contribution in [0.2, 0.25) is 0 Å². The van der Waals surface area contributed by atoms with E-state index in [2.05, 4.69) is 5.10 Å². The second-order valence-electron chi connectivity index (χ2n) is 3.67. The highest BCUT2D eigenvalue weighted by Crippen LogP contribution is 2.16. The van der Waals surface area contributed by atoms with Gasteiger partial charge >= 0.3 is 5.97 Å². The molecule has 0 radical (unpaired) electrons. The van der Waals surface area contributed by atoms with E-state index in [1.807, 2.05) is 20.8 Å². The lowest BCUT2D eigenvalue weighted by molar-refractivity contribution is -0.146. The van der Waals surface area contributed by atoms with Crippen LogP contribution < -0.4 is 0 Å². The van der Waals surface area contributed by atoms with Gasteiger partial charge in [-0.1, -0.05) is 0 Å². The quantitative estimate of drug-likeness (QED) is 0.716. The number of ether oxygens (including phenoxy) is 1. The van der Waals surface area contributed by atoms with Gasteiger partial charge in [-0.15, -0.1) is 0 Å². The highest BCUT2D eigenvalue weighted by Gasteiger charge is 2.20. The summed E-state index contributed by atoms with van der Waals surface area (Å²) in [6.07, 6.45) is 0. The maximum atomic E-state index is 11.5. The number of aryl methyl sites for hydroxylation is 1. The first-order valence-corrected chi connectivity index (χ1v) is 5.18. The zero-order valence-electron chi connectivity index (χ0n) is 10.00. The molecule has 0 saturated heterocycles. The van der Waals surface area contributed by atoms with Crippen LogP contribution >= 0.6 is 0 Å². The largest absolute Gasteiger partial charge is 0.464 e. The number of hydrogen-bond acceptors (Lipinski definition) is 3. The van der Waals surface area contributed by atoms with Crippen molar-refractivity contribution in [3.05, 3.63) is 17.0 Å². The zero-order valence-corrected chi connectivity index (χ0v) is 10.00. The maximum absolute atomic E-state index is 11.5. The van der Waals surface area contributed by atoms with E-state index < -0.39 is 0 Å². The van der Waals surface area contributed by atoms with E-state index in [4.69, 9.17) is 4.74 Å². The van der Waals surface area contributed by atoms with Gasteiger partial charge in [-0.05, 0) is 40.2 Å². The van der Waals surface area contributed by atoms with Crippen LogP contribution in [0.5, 0.6) is 0 Å². The molecule has 0 aliphatic carbocycles. The van der Waals surface area contributed by atoms with Crippen LogP contribution in [0.25, 0.3) is 0 Å². The van der Waals surface area contributed by atoms with Gasteiger partial charge in [0.1, 0.15) is 6.04 Å². The first-order valence-electron chi connectivity index (χ1n) is 5.18. The predicted octanol–water partition coefficient (Wildman–Crippen LogP) is 1.93. The van der Waals surface area contributed by atoms with Crippen LogP contribution in [0.15, 0.2) is 0 Å². The molecule has 4 heteroatoms. The summed E-state index contributed by atoms with van der Waals surface area (Å²) >= 11 is 0. The fourth-order valence-corrected chi connectivity index (χ4v) is 1.49. The van der Waals surface area contributed by atoms with Gasteiger partial charge in [0.05, 0.1) is 12.3 Å². The highest BCUT2D eigenvalue weighted by molar-refractivity contribution is 5.73. The molecule has 0 aliphatic rings. The number of rotatable bonds is 3. The Morgan fingerprint density at radius 2 is 2.07 bits per heavy atom. The van der Waals surface area contributed by atoms with Gasteiger partial charge < -0.3 is 4.74 Å². The number of carbonyl (C=O) groups excluding carboxylic acids is 1. The van der Waals surface area contributed by atoms with E-state index in [0.29, 0.717) is 6.61 Å². The van der Waals surface area contributed by atoms with Gasteiger partial charge in [0, 0.05) is 5.69 Å². The third-order valence-electron chi connectivity index (χ3n) is 2.68. The Labute approximate surface area is 90.2 Å². The van der Waals surface area contributed by atoms with Crippen molar-refractivity contribution < 1.29 is 9.53 Å². The molecule has 0 amide bonds. The summed E-state index contributed by atoms with van der Waals surface area (Å²) in [6, 6.07) is -0.350. The Bertz CT molecular complexity index is 369. The summed E-state index contributed by atoms with van der Waals surface area (Å²) in [5, 5.41) is 4.33. The van der Waals surface area contributed by atoms with E-state index in [1.54, 1.807) is 18.5 Å². The van der Waals surface area contributed by atoms with Crippen molar-refractivity contribution in [2.75, 3.05) is 6.61 Å². The van der Waals surface area contributed by atoms with Crippen LogP contribution in [0, 0.1) is 20.8 Å². The van der Waals surface area contributed by atoms with Gasteiger partial charge in [-0.3, -0.25) is 4.68 Å². The van der Waals surface area contributed by atoms with Crippen molar-refractivity contribution in [1.29, 1.82) is 0 Å². The molecule has 1 heterocycles. The summed E-state index contributed by atoms with van der Waals surface area (Å²) in [5.74, 6) is -0.233. The molecule has 0 unspecified atom stereocenters. The minimum atomic E-state index is -0.350. The number of hydrogen-bond donors (Lipinski definition) is 0. The molecule has 0 fully saturated rings. The lowest BCUT2D eigenvalue weighted by atomic mass is 10.2. The van der Waals surface area contributed by atoms with Crippen molar-refractivity contribution in [2.24, 2.45) is 0 Å². The lowest BCUT2D eigenvalue weighted by Crippen LogP contribution is -2.21. The summed E-state index contributed by atoms with van der Waals surface area (Å²) in [4.78, 5) is 11.5. The number of esters is 1. The van der Waals surface area contributed by atoms with Crippen molar-refractivity contribution >= 4 is 5.97 Å². The first-order chi connectivity index (χ1) is 6.99. The fourth-order valence-electron chi connectivity index (χ4n) is 1.49. The monoisotopic (exact) mass is 210 g/mol. The molecule has 0 spiro atoms. The molecule has 0 aliphatic heterocycles. The third-order valence-corrected chi connectivity index (χ3v) is 2.68. The van der Waals surface area contributed by atoms with E-state index in [-0.39, 0.29) is 12.0 Å². The van der Waals surface area contributed by atoms with Crippen LogP contribution in [0.1, 0.15) is 36.8 Å². The molecule has 84 valence electrons. The topological polar surface area (TPSA) is 44.1 Å². The highest BCUT2D eigenvalue weighted by atomic mass is 16.5. The Hall–Kier alpha value is -1.32. The molecule has 0 N–H and O–H groups in total. The summed E-state index contributed by atoms with van der Waals surface area (Å²) in [7, 11) is 0. The molecular weight excluding hydrogens is 192 g/mol. The van der Waals surface area contributed by atoms with Crippen LogP contribution in [0.4, 0.5) is 0 Å². The van der Waals surface area contributed by atoms with E-state index in [0.717, 1.165) is 17.0 Å². The van der Waals surface area contributed by atoms with E-state index in [9.17, 15) is 4.79 Å². The Morgan fingerprint density at radius 3 is 2.47 bits per heavy atom. The van der Waals surface area contributed by atoms with Gasteiger partial charge in [0.2, 0.25) is 0 Å². The predicted molar refractivity (Wildman–Crippen MR) is 57.8 cm³/mol. The maximum Gasteiger partial charge on any atom is 0.330 e. The SMILES string of the molecule is CCOC(=O)[C@@H](C)n1nc(C)c(C)c1C. The van der Waals surface area contributed by atoms with E-state index >= 15 is 0 Å². The molecule has 1 rings (SSSR count). The molecule has 1 aromatic rings. The molecule has 1 aromatic heterocycles. The fraction of sp³-hybridized carbons (Fsp3) is 0.636. The Morgan fingerprint density at radius 1 is 1.47 bits per heavy atom. The standard InChI is InChI=1S/C11H18N2O2/c1-6-15-11(14)10(5)13-9(4)7(2)8(3)12-13/h10H,6H2,1-5H3/t10-/m1/s1. The van der Waals surface area contributed by atoms with E-state index in [1.165, 1.54) is 0 Å². The lowest BCUT2D eigenvalue weighted by Gasteiger charge is -2.12. The number of aromatic nitrogens is 2. The Kier molecular flexibility index (Phi) is 3.50. The van der Waals surface area contributed by atoms with Crippen molar-refractivity contribution in [2.45, 2.75) is 40.7 Å². The van der Waals surface area contributed by atoms with Gasteiger partial charge in [0.25, 0.3) is 0 Å². The molecule has 4 nitrogen and oxygen atoms in total. The second kappa shape index (κ2) is 4.47. The molecule has 0 aromatic carbocycles. The van der Waals surface area contributed by atoms with Crippen LogP contribution in [-0.2, 0) is 9.53 Å². The third kappa shape index (κ3) is 2.19. The summed E-state index contributed by atoms with van der Waals surface area (Å²) < 4.78 is 6.69. The van der Waals surface area contributed by atoms with Crippen molar-refractivity contribution in [3.63, 3.8) is 0 Å². The van der Waals surface area contributed by atoms with Crippen LogP contribution in [-0.4, -0.2) is 22.4 Å². The van der Waals surface area contributed by atoms with Gasteiger partial charge in [-0.25, -0.2) is 4.79 Å². The molecule has 0 bridgehead atoms. The smallest absolute Gasteiger partial charge is 0.330 e. The average molecular weight is 210 g/mol. The molecular formula is C11H18N2O2. The van der Waals surface area contributed by atoms with Gasteiger partial charge in [-0.2, -0.15) is 5.10 Å². The minimum absolute atomic E-state index is 0.233. The zero-order chi connectivity index (χ0) is 11.6. The van der Waals surface area contributed by atoms with Gasteiger partial charge in [0.15, 0.2) is 0 Å².